The summed E-state index contributed by atoms with van der Waals surface area (Å²) in [7, 11) is 0. The average Bonchev–Trinajstić information content (AvgIpc) is 3.33. The van der Waals surface area contributed by atoms with Gasteiger partial charge < -0.3 is 5.32 Å². The minimum absolute atomic E-state index is 0.0228. The molecule has 0 fully saturated rings. The third-order valence-electron chi connectivity index (χ3n) is 4.38. The van der Waals surface area contributed by atoms with Gasteiger partial charge in [0.25, 0.3) is 11.5 Å². The number of benzene rings is 1. The van der Waals surface area contributed by atoms with Crippen LogP contribution in [0.2, 0.25) is 5.02 Å². The molecule has 142 valence electrons. The van der Waals surface area contributed by atoms with Crippen molar-refractivity contribution >= 4 is 28.8 Å². The van der Waals surface area contributed by atoms with Gasteiger partial charge in [-0.05, 0) is 37.3 Å². The van der Waals surface area contributed by atoms with Crippen LogP contribution in [-0.4, -0.2) is 30.3 Å². The Morgan fingerprint density at radius 3 is 2.82 bits per heavy atom. The van der Waals surface area contributed by atoms with Gasteiger partial charge in [0.05, 0.1) is 11.7 Å². The number of carbonyl (C=O) groups is 1. The Hall–Kier alpha value is -3.39. The Kier molecular flexibility index (Phi) is 4.70. The highest BCUT2D eigenvalue weighted by atomic mass is 35.5. The molecule has 0 aliphatic rings. The van der Waals surface area contributed by atoms with Crippen molar-refractivity contribution in [1.82, 2.24) is 24.4 Å². The number of nitrogens with one attached hydrogen (secondary N) is 2. The quantitative estimate of drug-likeness (QED) is 0.542. The van der Waals surface area contributed by atoms with Crippen LogP contribution < -0.4 is 10.9 Å². The fourth-order valence-electron chi connectivity index (χ4n) is 2.97. The van der Waals surface area contributed by atoms with Gasteiger partial charge in [0.1, 0.15) is 5.56 Å². The summed E-state index contributed by atoms with van der Waals surface area (Å²) in [5.41, 5.74) is 1.47. The summed E-state index contributed by atoms with van der Waals surface area (Å²) >= 11 is 5.87. The summed E-state index contributed by atoms with van der Waals surface area (Å²) in [5, 5.41) is 10.4. The molecule has 4 rings (SSSR count). The summed E-state index contributed by atoms with van der Waals surface area (Å²) in [6, 6.07) is 10.1. The van der Waals surface area contributed by atoms with E-state index in [2.05, 4.69) is 20.5 Å². The van der Waals surface area contributed by atoms with Crippen molar-refractivity contribution in [2.75, 3.05) is 5.32 Å². The zero-order valence-electron chi connectivity index (χ0n) is 15.0. The first kappa shape index (κ1) is 18.0. The van der Waals surface area contributed by atoms with Crippen molar-refractivity contribution in [2.24, 2.45) is 0 Å². The Bertz CT molecular complexity index is 1180. The molecule has 0 saturated heterocycles. The average molecular weight is 397 g/mol. The molecule has 9 heteroatoms. The highest BCUT2D eigenvalue weighted by Gasteiger charge is 2.17. The van der Waals surface area contributed by atoms with Gasteiger partial charge in [-0.15, -0.1) is 0 Å². The van der Waals surface area contributed by atoms with Crippen LogP contribution in [0.5, 0.6) is 0 Å². The topological polar surface area (TPSA) is 97.1 Å². The molecule has 0 aliphatic heterocycles. The van der Waals surface area contributed by atoms with Crippen LogP contribution in [0.15, 0.2) is 59.8 Å². The van der Waals surface area contributed by atoms with Crippen molar-refractivity contribution in [1.29, 1.82) is 0 Å². The normalized spacial score (nSPS) is 12.2. The molecule has 0 radical (unpaired) electrons. The first-order chi connectivity index (χ1) is 13.5. The smallest absolute Gasteiger partial charge is 0.272 e. The number of anilines is 1. The molecule has 0 bridgehead atoms. The number of fused-ring (bicyclic) bond motifs is 1. The second kappa shape index (κ2) is 7.32. The van der Waals surface area contributed by atoms with E-state index in [-0.39, 0.29) is 28.7 Å². The van der Waals surface area contributed by atoms with E-state index in [1.54, 1.807) is 35.1 Å². The number of halogens is 1. The van der Waals surface area contributed by atoms with Gasteiger partial charge in [-0.25, -0.2) is 9.50 Å². The second-order valence-electron chi connectivity index (χ2n) is 6.43. The molecule has 1 atom stereocenters. The Labute approximate surface area is 164 Å². The number of hydrogen-bond acceptors (Lipinski definition) is 4. The second-order valence-corrected chi connectivity index (χ2v) is 6.87. The number of aromatic amines is 1. The van der Waals surface area contributed by atoms with E-state index >= 15 is 0 Å². The maximum Gasteiger partial charge on any atom is 0.272 e. The lowest BCUT2D eigenvalue weighted by atomic mass is 10.2. The fraction of sp³-hybridized carbons (Fsp3) is 0.158. The highest BCUT2D eigenvalue weighted by molar-refractivity contribution is 6.30. The van der Waals surface area contributed by atoms with Gasteiger partial charge in [-0.2, -0.15) is 5.10 Å². The molecule has 1 unspecified atom stereocenters. The lowest BCUT2D eigenvalue weighted by Gasteiger charge is -2.11. The molecule has 1 amide bonds. The maximum absolute atomic E-state index is 12.7. The van der Waals surface area contributed by atoms with Gasteiger partial charge in [0, 0.05) is 41.8 Å². The van der Waals surface area contributed by atoms with E-state index < -0.39 is 0 Å². The molecule has 4 aromatic rings. The number of aromatic nitrogens is 5. The predicted octanol–water partition coefficient (Wildman–Crippen LogP) is 2.93. The number of amides is 1. The Balaban J connectivity index is 1.64. The van der Waals surface area contributed by atoms with Crippen molar-refractivity contribution in [2.45, 2.75) is 19.4 Å². The Morgan fingerprint density at radius 2 is 2.11 bits per heavy atom. The Morgan fingerprint density at radius 1 is 1.32 bits per heavy atom. The molecule has 0 saturated carbocycles. The molecule has 1 aromatic carbocycles. The molecule has 28 heavy (non-hydrogen) atoms. The number of rotatable bonds is 5. The standard InChI is InChI=1S/C19H17ClN6O2/c1-12(25-8-2-7-21-25)9-15-10-17(27)26-18(23-15)16(11-22-26)19(28)24-14-5-3-13(20)4-6-14/h2-8,10-12,22H,9H2,1H3,(H,24,28). The molecular weight excluding hydrogens is 380 g/mol. The number of H-pyrrole nitrogens is 1. The van der Waals surface area contributed by atoms with Gasteiger partial charge in [0.15, 0.2) is 5.65 Å². The minimum atomic E-state index is -0.370. The number of nitrogens with zero attached hydrogens (tertiary/aromatic N) is 4. The van der Waals surface area contributed by atoms with Gasteiger partial charge in [-0.1, -0.05) is 11.6 Å². The summed E-state index contributed by atoms with van der Waals surface area (Å²) in [4.78, 5) is 29.6. The van der Waals surface area contributed by atoms with Crippen molar-refractivity contribution < 1.29 is 4.79 Å². The van der Waals surface area contributed by atoms with Gasteiger partial charge in [0.2, 0.25) is 0 Å². The van der Waals surface area contributed by atoms with Crippen LogP contribution >= 0.6 is 11.6 Å². The highest BCUT2D eigenvalue weighted by Crippen LogP contribution is 2.16. The summed E-state index contributed by atoms with van der Waals surface area (Å²) < 4.78 is 3.05. The SMILES string of the molecule is CC(Cc1cc(=O)n2[nH]cc(C(=O)Nc3ccc(Cl)cc3)c2n1)n1cccn1. The van der Waals surface area contributed by atoms with Crippen LogP contribution in [0.3, 0.4) is 0 Å². The molecule has 3 aromatic heterocycles. The zero-order chi connectivity index (χ0) is 19.7. The lowest BCUT2D eigenvalue weighted by molar-refractivity contribution is 0.102. The molecule has 0 spiro atoms. The van der Waals surface area contributed by atoms with E-state index in [9.17, 15) is 9.59 Å². The molecular formula is C19H17ClN6O2. The van der Waals surface area contributed by atoms with Crippen LogP contribution in [0.1, 0.15) is 29.0 Å². The van der Waals surface area contributed by atoms with Crippen molar-refractivity contribution in [3.63, 3.8) is 0 Å². The maximum atomic E-state index is 12.7. The third kappa shape index (κ3) is 3.54. The minimum Gasteiger partial charge on any atom is -0.322 e. The van der Waals surface area contributed by atoms with Crippen LogP contribution in [0.25, 0.3) is 5.65 Å². The number of carbonyl (C=O) groups excluding carboxylic acids is 1. The summed E-state index contributed by atoms with van der Waals surface area (Å²) in [6.07, 6.45) is 5.54. The van der Waals surface area contributed by atoms with Gasteiger partial charge >= 0.3 is 0 Å². The number of hydrogen-bond donors (Lipinski definition) is 2. The molecule has 3 heterocycles. The predicted molar refractivity (Wildman–Crippen MR) is 106 cm³/mol. The third-order valence-corrected chi connectivity index (χ3v) is 4.63. The van der Waals surface area contributed by atoms with Crippen LogP contribution in [0, 0.1) is 0 Å². The van der Waals surface area contributed by atoms with E-state index in [0.717, 1.165) is 0 Å². The van der Waals surface area contributed by atoms with Crippen molar-refractivity contribution in [3.8, 4) is 0 Å². The van der Waals surface area contributed by atoms with Crippen molar-refractivity contribution in [3.05, 3.63) is 81.6 Å². The van der Waals surface area contributed by atoms with E-state index in [1.165, 1.54) is 16.8 Å². The fourth-order valence-corrected chi connectivity index (χ4v) is 3.10. The lowest BCUT2D eigenvalue weighted by Crippen LogP contribution is -2.19. The summed E-state index contributed by atoms with van der Waals surface area (Å²) in [5.74, 6) is -0.370. The zero-order valence-corrected chi connectivity index (χ0v) is 15.7. The van der Waals surface area contributed by atoms with Crippen LogP contribution in [-0.2, 0) is 6.42 Å². The van der Waals surface area contributed by atoms with E-state index in [0.29, 0.717) is 22.8 Å². The first-order valence-corrected chi connectivity index (χ1v) is 9.05. The van der Waals surface area contributed by atoms with E-state index in [4.69, 9.17) is 11.6 Å². The summed E-state index contributed by atoms with van der Waals surface area (Å²) in [6.45, 7) is 1.99. The first-order valence-electron chi connectivity index (χ1n) is 8.67. The largest absolute Gasteiger partial charge is 0.322 e. The van der Waals surface area contributed by atoms with Crippen LogP contribution in [0.4, 0.5) is 5.69 Å². The van der Waals surface area contributed by atoms with E-state index in [1.807, 2.05) is 19.2 Å². The molecule has 2 N–H and O–H groups in total. The molecule has 0 aliphatic carbocycles. The molecule has 8 nitrogen and oxygen atoms in total. The van der Waals surface area contributed by atoms with Gasteiger partial charge in [-0.3, -0.25) is 19.4 Å². The monoisotopic (exact) mass is 396 g/mol.